The van der Waals surface area contributed by atoms with Crippen molar-refractivity contribution < 1.29 is 14.7 Å². The summed E-state index contributed by atoms with van der Waals surface area (Å²) >= 11 is 0. The third-order valence-corrected chi connectivity index (χ3v) is 3.62. The van der Waals surface area contributed by atoms with E-state index in [1.165, 1.54) is 4.90 Å². The van der Waals surface area contributed by atoms with Gasteiger partial charge in [-0.1, -0.05) is 20.3 Å². The van der Waals surface area contributed by atoms with E-state index < -0.39 is 12.0 Å². The van der Waals surface area contributed by atoms with Gasteiger partial charge in [-0.05, 0) is 32.1 Å². The number of likely N-dealkylation sites (tertiary alicyclic amines) is 1. The summed E-state index contributed by atoms with van der Waals surface area (Å²) in [5, 5.41) is 11.9. The number of nitrogens with zero attached hydrogens (tertiary/aromatic N) is 1. The number of aliphatic carboxylic acids is 1. The van der Waals surface area contributed by atoms with Crippen LogP contribution in [0.25, 0.3) is 0 Å². The molecule has 0 aromatic carbocycles. The molecule has 1 fully saturated rings. The maximum Gasteiger partial charge on any atom is 0.326 e. The number of carboxylic acid groups (broad SMARTS) is 1. The SMILES string of the molecule is CCC(C)CC(C)NC(=O)N1CCC[C@@H]1C(=O)O. The highest BCUT2D eigenvalue weighted by atomic mass is 16.4. The molecule has 1 heterocycles. The summed E-state index contributed by atoms with van der Waals surface area (Å²) in [5.74, 6) is -0.341. The van der Waals surface area contributed by atoms with Crippen LogP contribution in [0.4, 0.5) is 4.79 Å². The quantitative estimate of drug-likeness (QED) is 0.791. The highest BCUT2D eigenvalue weighted by molar-refractivity contribution is 5.83. The van der Waals surface area contributed by atoms with Crippen LogP contribution in [0.1, 0.15) is 46.5 Å². The summed E-state index contributed by atoms with van der Waals surface area (Å²) in [5.41, 5.74) is 0. The number of amides is 2. The van der Waals surface area contributed by atoms with Gasteiger partial charge in [-0.2, -0.15) is 0 Å². The number of urea groups is 1. The molecule has 104 valence electrons. The molecule has 1 saturated heterocycles. The van der Waals surface area contributed by atoms with Crippen molar-refractivity contribution in [1.82, 2.24) is 10.2 Å². The fourth-order valence-corrected chi connectivity index (χ4v) is 2.39. The topological polar surface area (TPSA) is 69.6 Å². The van der Waals surface area contributed by atoms with Crippen LogP contribution in [-0.2, 0) is 4.79 Å². The first-order valence-electron chi connectivity index (χ1n) is 6.75. The number of rotatable bonds is 5. The lowest BCUT2D eigenvalue weighted by atomic mass is 10.0. The molecule has 0 aromatic heterocycles. The Hall–Kier alpha value is -1.26. The smallest absolute Gasteiger partial charge is 0.326 e. The van der Waals surface area contributed by atoms with Crippen LogP contribution >= 0.6 is 0 Å². The Morgan fingerprint density at radius 3 is 2.67 bits per heavy atom. The van der Waals surface area contributed by atoms with Crippen molar-refractivity contribution >= 4 is 12.0 Å². The molecule has 5 nitrogen and oxygen atoms in total. The molecule has 1 aliphatic rings. The van der Waals surface area contributed by atoms with Crippen LogP contribution in [0.15, 0.2) is 0 Å². The lowest BCUT2D eigenvalue weighted by Crippen LogP contribution is -2.48. The molecule has 2 unspecified atom stereocenters. The predicted molar refractivity (Wildman–Crippen MR) is 69.4 cm³/mol. The van der Waals surface area contributed by atoms with E-state index in [0.717, 1.165) is 19.3 Å². The van der Waals surface area contributed by atoms with Crippen LogP contribution in [0.5, 0.6) is 0 Å². The summed E-state index contributed by atoms with van der Waals surface area (Å²) in [4.78, 5) is 24.4. The molecule has 1 rings (SSSR count). The molecule has 0 radical (unpaired) electrons. The minimum atomic E-state index is -0.905. The Kier molecular flexibility index (Phi) is 5.44. The first-order valence-corrected chi connectivity index (χ1v) is 6.75. The summed E-state index contributed by atoms with van der Waals surface area (Å²) in [7, 11) is 0. The van der Waals surface area contributed by atoms with Crippen LogP contribution in [0, 0.1) is 5.92 Å². The number of carbonyl (C=O) groups excluding carboxylic acids is 1. The number of hydrogen-bond donors (Lipinski definition) is 2. The van der Waals surface area contributed by atoms with Crippen molar-refractivity contribution in [2.24, 2.45) is 5.92 Å². The van der Waals surface area contributed by atoms with Gasteiger partial charge in [-0.15, -0.1) is 0 Å². The molecule has 3 atom stereocenters. The standard InChI is InChI=1S/C13H24N2O3/c1-4-9(2)8-10(3)14-13(18)15-7-5-6-11(15)12(16)17/h9-11H,4-8H2,1-3H3,(H,14,18)(H,16,17)/t9?,10?,11-/m1/s1. The van der Waals surface area contributed by atoms with Gasteiger partial charge in [-0.25, -0.2) is 9.59 Å². The summed E-state index contributed by atoms with van der Waals surface area (Å²) in [6.07, 6.45) is 3.34. The molecule has 2 amide bonds. The Balaban J connectivity index is 2.47. The molecular weight excluding hydrogens is 232 g/mol. The van der Waals surface area contributed by atoms with Crippen molar-refractivity contribution in [3.8, 4) is 0 Å². The zero-order chi connectivity index (χ0) is 13.7. The summed E-state index contributed by atoms with van der Waals surface area (Å²) < 4.78 is 0. The third-order valence-electron chi connectivity index (χ3n) is 3.62. The Morgan fingerprint density at radius 1 is 1.44 bits per heavy atom. The van der Waals surface area contributed by atoms with Crippen LogP contribution in [0.2, 0.25) is 0 Å². The fourth-order valence-electron chi connectivity index (χ4n) is 2.39. The Labute approximate surface area is 109 Å². The van der Waals surface area contributed by atoms with Crippen molar-refractivity contribution in [1.29, 1.82) is 0 Å². The number of carbonyl (C=O) groups is 2. The van der Waals surface area contributed by atoms with Gasteiger partial charge >= 0.3 is 12.0 Å². The van der Waals surface area contributed by atoms with E-state index in [1.54, 1.807) is 0 Å². The lowest BCUT2D eigenvalue weighted by Gasteiger charge is -2.25. The second-order valence-electron chi connectivity index (χ2n) is 5.29. The Bertz CT molecular complexity index is 307. The van der Waals surface area contributed by atoms with Gasteiger partial charge in [0.1, 0.15) is 6.04 Å². The van der Waals surface area contributed by atoms with Crippen LogP contribution in [-0.4, -0.2) is 40.6 Å². The van der Waals surface area contributed by atoms with Gasteiger partial charge in [0.2, 0.25) is 0 Å². The predicted octanol–water partition coefficient (Wildman–Crippen LogP) is 2.07. The van der Waals surface area contributed by atoms with Crippen LogP contribution in [0.3, 0.4) is 0 Å². The largest absolute Gasteiger partial charge is 0.480 e. The molecule has 18 heavy (non-hydrogen) atoms. The zero-order valence-electron chi connectivity index (χ0n) is 11.5. The van der Waals surface area contributed by atoms with E-state index in [4.69, 9.17) is 5.11 Å². The second kappa shape index (κ2) is 6.61. The van der Waals surface area contributed by atoms with E-state index in [1.807, 2.05) is 6.92 Å². The highest BCUT2D eigenvalue weighted by Crippen LogP contribution is 2.18. The summed E-state index contributed by atoms with van der Waals surface area (Å²) in [6.45, 7) is 6.79. The molecule has 0 aromatic rings. The highest BCUT2D eigenvalue weighted by Gasteiger charge is 2.34. The molecule has 0 aliphatic carbocycles. The first-order chi connectivity index (χ1) is 8.45. The average molecular weight is 256 g/mol. The van der Waals surface area contributed by atoms with Gasteiger partial charge in [0.05, 0.1) is 0 Å². The number of hydrogen-bond acceptors (Lipinski definition) is 2. The van der Waals surface area contributed by atoms with Crippen molar-refractivity contribution in [3.63, 3.8) is 0 Å². The minimum Gasteiger partial charge on any atom is -0.480 e. The van der Waals surface area contributed by atoms with E-state index in [-0.39, 0.29) is 12.1 Å². The molecule has 0 spiro atoms. The van der Waals surface area contributed by atoms with E-state index >= 15 is 0 Å². The summed E-state index contributed by atoms with van der Waals surface area (Å²) in [6, 6.07) is -0.806. The maximum absolute atomic E-state index is 12.0. The molecule has 0 saturated carbocycles. The van der Waals surface area contributed by atoms with E-state index in [9.17, 15) is 9.59 Å². The molecule has 1 aliphatic heterocycles. The fraction of sp³-hybridized carbons (Fsp3) is 0.846. The van der Waals surface area contributed by atoms with E-state index in [0.29, 0.717) is 18.9 Å². The lowest BCUT2D eigenvalue weighted by molar-refractivity contribution is -0.141. The number of nitrogens with one attached hydrogen (secondary N) is 1. The van der Waals surface area contributed by atoms with Crippen molar-refractivity contribution in [3.05, 3.63) is 0 Å². The number of carboxylic acids is 1. The second-order valence-corrected chi connectivity index (χ2v) is 5.29. The zero-order valence-corrected chi connectivity index (χ0v) is 11.5. The average Bonchev–Trinajstić information content (AvgIpc) is 2.77. The van der Waals surface area contributed by atoms with Gasteiger partial charge < -0.3 is 15.3 Å². The van der Waals surface area contributed by atoms with Gasteiger partial charge in [0.25, 0.3) is 0 Å². The maximum atomic E-state index is 12.0. The monoisotopic (exact) mass is 256 g/mol. The van der Waals surface area contributed by atoms with Gasteiger partial charge in [-0.3, -0.25) is 0 Å². The molecular formula is C13H24N2O3. The first kappa shape index (κ1) is 14.8. The van der Waals surface area contributed by atoms with Gasteiger partial charge in [0, 0.05) is 12.6 Å². The third kappa shape index (κ3) is 3.89. The normalized spacial score (nSPS) is 22.6. The van der Waals surface area contributed by atoms with Crippen molar-refractivity contribution in [2.45, 2.75) is 58.5 Å². The molecule has 0 bridgehead atoms. The minimum absolute atomic E-state index is 0.0856. The van der Waals surface area contributed by atoms with Crippen LogP contribution < -0.4 is 5.32 Å². The molecule has 5 heteroatoms. The van der Waals surface area contributed by atoms with E-state index in [2.05, 4.69) is 19.2 Å². The molecule has 2 N–H and O–H groups in total. The van der Waals surface area contributed by atoms with Gasteiger partial charge in [0.15, 0.2) is 0 Å². The van der Waals surface area contributed by atoms with Crippen molar-refractivity contribution in [2.75, 3.05) is 6.54 Å². The Morgan fingerprint density at radius 2 is 2.11 bits per heavy atom.